The standard InChI is InChI=1S/C20H22ClNO2/c1-12(2)13-6-7-17-16(11-13)19-20(24-9-8-23-19)18(22-17)14-4-3-5-15(21)10-14/h3-7,10-12,18-20,22H,8-9H2,1-2H3. The van der Waals surface area contributed by atoms with Crippen LogP contribution in [0.3, 0.4) is 0 Å². The summed E-state index contributed by atoms with van der Waals surface area (Å²) in [5.41, 5.74) is 4.77. The monoisotopic (exact) mass is 343 g/mol. The lowest BCUT2D eigenvalue weighted by molar-refractivity contribution is -0.151. The second kappa shape index (κ2) is 6.40. The van der Waals surface area contributed by atoms with Gasteiger partial charge in [-0.2, -0.15) is 0 Å². The van der Waals surface area contributed by atoms with Gasteiger partial charge in [0.2, 0.25) is 0 Å². The Morgan fingerprint density at radius 2 is 1.92 bits per heavy atom. The van der Waals surface area contributed by atoms with Gasteiger partial charge in [0.15, 0.2) is 0 Å². The second-order valence-corrected chi connectivity index (χ2v) is 7.24. The Balaban J connectivity index is 1.77. The predicted molar refractivity (Wildman–Crippen MR) is 96.8 cm³/mol. The highest BCUT2D eigenvalue weighted by Gasteiger charge is 2.41. The molecular weight excluding hydrogens is 322 g/mol. The lowest BCUT2D eigenvalue weighted by Gasteiger charge is -2.43. The van der Waals surface area contributed by atoms with Crippen molar-refractivity contribution in [2.45, 2.75) is 38.0 Å². The van der Waals surface area contributed by atoms with Crippen LogP contribution in [0.25, 0.3) is 0 Å². The highest BCUT2D eigenvalue weighted by atomic mass is 35.5. The van der Waals surface area contributed by atoms with Crippen LogP contribution in [0, 0.1) is 0 Å². The fourth-order valence-electron chi connectivity index (χ4n) is 3.61. The molecule has 2 heterocycles. The molecule has 1 fully saturated rings. The molecule has 4 rings (SSSR count). The maximum Gasteiger partial charge on any atom is 0.113 e. The van der Waals surface area contributed by atoms with Crippen LogP contribution in [-0.4, -0.2) is 19.3 Å². The molecule has 126 valence electrons. The minimum atomic E-state index is -0.0490. The number of rotatable bonds is 2. The number of anilines is 1. The van der Waals surface area contributed by atoms with Crippen molar-refractivity contribution < 1.29 is 9.47 Å². The molecule has 0 spiro atoms. The Morgan fingerprint density at radius 3 is 2.71 bits per heavy atom. The fourth-order valence-corrected chi connectivity index (χ4v) is 3.81. The van der Waals surface area contributed by atoms with Gasteiger partial charge in [0.25, 0.3) is 0 Å². The highest BCUT2D eigenvalue weighted by molar-refractivity contribution is 6.30. The van der Waals surface area contributed by atoms with Crippen molar-refractivity contribution in [2.75, 3.05) is 18.5 Å². The van der Waals surface area contributed by atoms with Crippen LogP contribution in [0.5, 0.6) is 0 Å². The maximum absolute atomic E-state index is 6.20. The van der Waals surface area contributed by atoms with E-state index >= 15 is 0 Å². The number of fused-ring (bicyclic) bond motifs is 3. The molecule has 3 unspecified atom stereocenters. The van der Waals surface area contributed by atoms with Crippen LogP contribution in [0.15, 0.2) is 42.5 Å². The van der Waals surface area contributed by atoms with Gasteiger partial charge >= 0.3 is 0 Å². The van der Waals surface area contributed by atoms with Gasteiger partial charge in [-0.05, 0) is 35.2 Å². The van der Waals surface area contributed by atoms with Crippen LogP contribution < -0.4 is 5.32 Å². The number of benzene rings is 2. The minimum Gasteiger partial charge on any atom is -0.375 e. The molecule has 2 aromatic rings. The van der Waals surface area contributed by atoms with E-state index in [2.05, 4.69) is 43.4 Å². The summed E-state index contributed by atoms with van der Waals surface area (Å²) in [7, 11) is 0. The molecule has 3 atom stereocenters. The van der Waals surface area contributed by atoms with Crippen LogP contribution in [0.2, 0.25) is 5.02 Å². The summed E-state index contributed by atoms with van der Waals surface area (Å²) in [5, 5.41) is 4.38. The third-order valence-electron chi connectivity index (χ3n) is 4.89. The third-order valence-corrected chi connectivity index (χ3v) is 5.12. The highest BCUT2D eigenvalue weighted by Crippen LogP contribution is 2.45. The Morgan fingerprint density at radius 1 is 1.08 bits per heavy atom. The van der Waals surface area contributed by atoms with E-state index in [9.17, 15) is 0 Å². The van der Waals surface area contributed by atoms with Crippen molar-refractivity contribution in [1.82, 2.24) is 0 Å². The third kappa shape index (κ3) is 2.81. The molecule has 2 aromatic carbocycles. The van der Waals surface area contributed by atoms with E-state index in [1.54, 1.807) is 0 Å². The lowest BCUT2D eigenvalue weighted by atomic mass is 9.86. The van der Waals surface area contributed by atoms with Gasteiger partial charge in [0, 0.05) is 16.3 Å². The molecule has 0 aromatic heterocycles. The first-order chi connectivity index (χ1) is 11.6. The predicted octanol–water partition coefficient (Wildman–Crippen LogP) is 5.09. The van der Waals surface area contributed by atoms with Gasteiger partial charge < -0.3 is 14.8 Å². The van der Waals surface area contributed by atoms with Gasteiger partial charge in [0.1, 0.15) is 12.2 Å². The number of hydrogen-bond donors (Lipinski definition) is 1. The Kier molecular flexibility index (Phi) is 4.25. The van der Waals surface area contributed by atoms with Crippen LogP contribution >= 0.6 is 11.6 Å². The van der Waals surface area contributed by atoms with E-state index in [0.717, 1.165) is 16.3 Å². The Hall–Kier alpha value is -1.55. The smallest absolute Gasteiger partial charge is 0.113 e. The van der Waals surface area contributed by atoms with Gasteiger partial charge in [-0.1, -0.05) is 49.7 Å². The molecule has 0 aliphatic carbocycles. The largest absolute Gasteiger partial charge is 0.375 e. The van der Waals surface area contributed by atoms with Crippen molar-refractivity contribution in [3.8, 4) is 0 Å². The Labute approximate surface area is 147 Å². The quantitative estimate of drug-likeness (QED) is 0.824. The molecule has 0 radical (unpaired) electrons. The average molecular weight is 344 g/mol. The topological polar surface area (TPSA) is 30.5 Å². The van der Waals surface area contributed by atoms with Gasteiger partial charge in [-0.15, -0.1) is 0 Å². The Bertz CT molecular complexity index is 746. The summed E-state index contributed by atoms with van der Waals surface area (Å²) in [6, 6.07) is 14.6. The summed E-state index contributed by atoms with van der Waals surface area (Å²) in [6.45, 7) is 5.68. The zero-order chi connectivity index (χ0) is 16.7. The summed E-state index contributed by atoms with van der Waals surface area (Å²) < 4.78 is 12.2. The molecule has 2 aliphatic rings. The summed E-state index contributed by atoms with van der Waals surface area (Å²) in [5.74, 6) is 0.490. The second-order valence-electron chi connectivity index (χ2n) is 6.81. The first kappa shape index (κ1) is 15.9. The SMILES string of the molecule is CC(C)c1ccc2c(c1)C1OCCOC1C(c1cccc(Cl)c1)N2. The number of nitrogens with one attached hydrogen (secondary N) is 1. The molecule has 0 amide bonds. The van der Waals surface area contributed by atoms with Gasteiger partial charge in [-0.3, -0.25) is 0 Å². The van der Waals surface area contributed by atoms with Crippen molar-refractivity contribution in [2.24, 2.45) is 0 Å². The molecule has 1 saturated heterocycles. The maximum atomic E-state index is 6.20. The van der Waals surface area contributed by atoms with Crippen LogP contribution in [0.1, 0.15) is 48.6 Å². The van der Waals surface area contributed by atoms with E-state index in [1.807, 2.05) is 18.2 Å². The molecule has 4 heteroatoms. The molecular formula is C20H22ClNO2. The van der Waals surface area contributed by atoms with E-state index < -0.39 is 0 Å². The van der Waals surface area contributed by atoms with Crippen molar-refractivity contribution in [3.63, 3.8) is 0 Å². The molecule has 1 N–H and O–H groups in total. The summed E-state index contributed by atoms with van der Waals surface area (Å²) in [4.78, 5) is 0. The number of halogens is 1. The average Bonchev–Trinajstić information content (AvgIpc) is 2.60. The molecule has 3 nitrogen and oxygen atoms in total. The number of hydrogen-bond acceptors (Lipinski definition) is 3. The van der Waals surface area contributed by atoms with Gasteiger partial charge in [-0.25, -0.2) is 0 Å². The summed E-state index contributed by atoms with van der Waals surface area (Å²) in [6.07, 6.45) is -0.0928. The molecule has 2 aliphatic heterocycles. The van der Waals surface area contributed by atoms with Crippen molar-refractivity contribution in [3.05, 3.63) is 64.2 Å². The molecule has 0 bridgehead atoms. The normalized spacial score (nSPS) is 25.8. The van der Waals surface area contributed by atoms with Gasteiger partial charge in [0.05, 0.1) is 19.3 Å². The van der Waals surface area contributed by atoms with E-state index in [1.165, 1.54) is 11.1 Å². The van der Waals surface area contributed by atoms with E-state index in [4.69, 9.17) is 21.1 Å². The fraction of sp³-hybridized carbons (Fsp3) is 0.400. The van der Waals surface area contributed by atoms with Crippen LogP contribution in [0.4, 0.5) is 5.69 Å². The van der Waals surface area contributed by atoms with Crippen LogP contribution in [-0.2, 0) is 9.47 Å². The summed E-state index contributed by atoms with van der Waals surface area (Å²) >= 11 is 6.20. The van der Waals surface area contributed by atoms with E-state index in [-0.39, 0.29) is 18.2 Å². The van der Waals surface area contributed by atoms with Crippen molar-refractivity contribution in [1.29, 1.82) is 0 Å². The van der Waals surface area contributed by atoms with E-state index in [0.29, 0.717) is 19.1 Å². The zero-order valence-corrected chi connectivity index (χ0v) is 14.7. The first-order valence-electron chi connectivity index (χ1n) is 8.52. The molecule has 0 saturated carbocycles. The zero-order valence-electron chi connectivity index (χ0n) is 14.0. The number of ether oxygens (including phenoxy) is 2. The molecule has 24 heavy (non-hydrogen) atoms. The lowest BCUT2D eigenvalue weighted by Crippen LogP contribution is -2.43. The minimum absolute atomic E-state index is 0.0337. The first-order valence-corrected chi connectivity index (χ1v) is 8.90. The van der Waals surface area contributed by atoms with Crippen molar-refractivity contribution >= 4 is 17.3 Å².